The van der Waals surface area contributed by atoms with Crippen LogP contribution in [0.1, 0.15) is 39.0 Å². The van der Waals surface area contributed by atoms with Crippen LogP contribution in [0, 0.1) is 5.92 Å². The molecule has 3 atom stereocenters. The molecule has 1 aromatic carbocycles. The predicted molar refractivity (Wildman–Crippen MR) is 82.7 cm³/mol. The first kappa shape index (κ1) is 15.8. The highest BCUT2D eigenvalue weighted by molar-refractivity contribution is 7.92. The van der Waals surface area contributed by atoms with Crippen LogP contribution < -0.4 is 5.73 Å². The van der Waals surface area contributed by atoms with Crippen molar-refractivity contribution in [2.45, 2.75) is 55.2 Å². The maximum absolute atomic E-state index is 12.8. The first-order valence-corrected chi connectivity index (χ1v) is 9.12. The Labute approximate surface area is 126 Å². The van der Waals surface area contributed by atoms with E-state index in [0.29, 0.717) is 22.3 Å². The number of halogens is 1. The Morgan fingerprint density at radius 3 is 2.75 bits per heavy atom. The highest BCUT2D eigenvalue weighted by atomic mass is 35.5. The Kier molecular flexibility index (Phi) is 5.10. The molecule has 1 fully saturated rings. The summed E-state index contributed by atoms with van der Waals surface area (Å²) in [5, 5.41) is -0.0353. The van der Waals surface area contributed by atoms with Crippen molar-refractivity contribution in [1.82, 2.24) is 0 Å². The average molecular weight is 316 g/mol. The van der Waals surface area contributed by atoms with Crippen LogP contribution in [0.4, 0.5) is 0 Å². The van der Waals surface area contributed by atoms with Gasteiger partial charge in [0.25, 0.3) is 0 Å². The summed E-state index contributed by atoms with van der Waals surface area (Å²) in [6, 6.07) is 6.21. The third-order valence-electron chi connectivity index (χ3n) is 4.17. The van der Waals surface area contributed by atoms with Gasteiger partial charge in [-0.2, -0.15) is 0 Å². The number of nitrogens with two attached hydrogens (primary N) is 1. The fraction of sp³-hybridized carbons (Fsp3) is 0.600. The molecular weight excluding hydrogens is 294 g/mol. The lowest BCUT2D eigenvalue weighted by atomic mass is 9.83. The lowest BCUT2D eigenvalue weighted by Gasteiger charge is -2.33. The number of hydrogen-bond donors (Lipinski definition) is 1. The summed E-state index contributed by atoms with van der Waals surface area (Å²) in [5.74, 6) is 0.471. The zero-order chi connectivity index (χ0) is 14.8. The van der Waals surface area contributed by atoms with E-state index in [0.717, 1.165) is 25.7 Å². The van der Waals surface area contributed by atoms with Crippen LogP contribution in [0.3, 0.4) is 0 Å². The van der Waals surface area contributed by atoms with Gasteiger partial charge >= 0.3 is 0 Å². The van der Waals surface area contributed by atoms with E-state index in [4.69, 9.17) is 17.3 Å². The quantitative estimate of drug-likeness (QED) is 0.926. The summed E-state index contributed by atoms with van der Waals surface area (Å²) < 4.78 is 25.5. The van der Waals surface area contributed by atoms with E-state index in [1.54, 1.807) is 18.2 Å². The molecule has 0 bridgehead atoms. The largest absolute Gasteiger partial charge is 0.327 e. The maximum atomic E-state index is 12.8. The molecule has 1 aromatic rings. The molecule has 2 rings (SSSR count). The lowest BCUT2D eigenvalue weighted by Crippen LogP contribution is -2.45. The van der Waals surface area contributed by atoms with Gasteiger partial charge in [-0.05, 0) is 43.4 Å². The number of sulfone groups is 1. The Morgan fingerprint density at radius 2 is 2.10 bits per heavy atom. The second kappa shape index (κ2) is 6.46. The first-order chi connectivity index (χ1) is 9.45. The van der Waals surface area contributed by atoms with E-state index in [-0.39, 0.29) is 6.04 Å². The Balaban J connectivity index is 2.27. The van der Waals surface area contributed by atoms with E-state index in [1.165, 1.54) is 6.07 Å². The summed E-state index contributed by atoms with van der Waals surface area (Å²) in [6.45, 7) is 2.13. The molecule has 3 unspecified atom stereocenters. The van der Waals surface area contributed by atoms with Crippen LogP contribution in [-0.2, 0) is 9.84 Å². The van der Waals surface area contributed by atoms with E-state index in [1.807, 2.05) is 0 Å². The topological polar surface area (TPSA) is 60.2 Å². The van der Waals surface area contributed by atoms with Crippen molar-refractivity contribution in [3.63, 3.8) is 0 Å². The van der Waals surface area contributed by atoms with E-state index < -0.39 is 15.1 Å². The van der Waals surface area contributed by atoms with Crippen molar-refractivity contribution in [1.29, 1.82) is 0 Å². The Hall–Kier alpha value is -0.580. The van der Waals surface area contributed by atoms with Gasteiger partial charge in [0.1, 0.15) is 0 Å². The van der Waals surface area contributed by atoms with E-state index in [9.17, 15) is 8.42 Å². The van der Waals surface area contributed by atoms with Gasteiger partial charge in [0.15, 0.2) is 9.84 Å². The summed E-state index contributed by atoms with van der Waals surface area (Å²) in [4.78, 5) is 0.294. The predicted octanol–water partition coefficient (Wildman–Crippen LogP) is 3.41. The minimum Gasteiger partial charge on any atom is -0.327 e. The normalized spacial score (nSPS) is 27.4. The van der Waals surface area contributed by atoms with Crippen LogP contribution in [0.2, 0.25) is 5.02 Å². The SMILES string of the molecule is CCCC1CCC(N)C(S(=O)(=O)c2cccc(Cl)c2)C1. The Bertz CT molecular complexity index is 559. The van der Waals surface area contributed by atoms with E-state index >= 15 is 0 Å². The van der Waals surface area contributed by atoms with Crippen LogP contribution in [0.15, 0.2) is 29.2 Å². The zero-order valence-electron chi connectivity index (χ0n) is 11.8. The molecule has 0 saturated heterocycles. The summed E-state index contributed by atoms with van der Waals surface area (Å²) in [7, 11) is -3.39. The van der Waals surface area contributed by atoms with Gasteiger partial charge in [-0.25, -0.2) is 8.42 Å². The van der Waals surface area contributed by atoms with Crippen molar-refractivity contribution < 1.29 is 8.42 Å². The van der Waals surface area contributed by atoms with Crippen LogP contribution >= 0.6 is 11.6 Å². The minimum atomic E-state index is -3.39. The number of rotatable bonds is 4. The van der Waals surface area contributed by atoms with Crippen LogP contribution in [0.5, 0.6) is 0 Å². The van der Waals surface area contributed by atoms with Crippen molar-refractivity contribution in [2.75, 3.05) is 0 Å². The monoisotopic (exact) mass is 315 g/mol. The molecule has 3 nitrogen and oxygen atoms in total. The van der Waals surface area contributed by atoms with Gasteiger partial charge in [0.05, 0.1) is 10.1 Å². The fourth-order valence-corrected chi connectivity index (χ4v) is 5.37. The zero-order valence-corrected chi connectivity index (χ0v) is 13.3. The highest BCUT2D eigenvalue weighted by Crippen LogP contribution is 2.34. The molecule has 2 N–H and O–H groups in total. The van der Waals surface area contributed by atoms with Crippen molar-refractivity contribution >= 4 is 21.4 Å². The standard InChI is InChI=1S/C15H22ClNO2S/c1-2-4-11-7-8-14(17)15(9-11)20(18,19)13-6-3-5-12(16)10-13/h3,5-6,10-11,14-15H,2,4,7-9,17H2,1H3. The van der Waals surface area contributed by atoms with Crippen molar-refractivity contribution in [3.05, 3.63) is 29.3 Å². The smallest absolute Gasteiger partial charge is 0.182 e. The Morgan fingerprint density at radius 1 is 1.35 bits per heavy atom. The third-order valence-corrected chi connectivity index (χ3v) is 6.66. The average Bonchev–Trinajstić information content (AvgIpc) is 2.41. The minimum absolute atomic E-state index is 0.271. The number of hydrogen-bond acceptors (Lipinski definition) is 3. The van der Waals surface area contributed by atoms with Gasteiger partial charge in [0, 0.05) is 11.1 Å². The lowest BCUT2D eigenvalue weighted by molar-refractivity contribution is 0.309. The molecule has 20 heavy (non-hydrogen) atoms. The fourth-order valence-electron chi connectivity index (χ4n) is 3.08. The first-order valence-electron chi connectivity index (χ1n) is 7.20. The van der Waals surface area contributed by atoms with Crippen LogP contribution in [-0.4, -0.2) is 19.7 Å². The van der Waals surface area contributed by atoms with Crippen molar-refractivity contribution in [3.8, 4) is 0 Å². The van der Waals surface area contributed by atoms with Gasteiger partial charge in [-0.1, -0.05) is 37.4 Å². The molecule has 112 valence electrons. The van der Waals surface area contributed by atoms with Gasteiger partial charge in [-0.15, -0.1) is 0 Å². The maximum Gasteiger partial charge on any atom is 0.182 e. The molecule has 1 aliphatic carbocycles. The summed E-state index contributed by atoms with van der Waals surface area (Å²) in [5.41, 5.74) is 6.09. The summed E-state index contributed by atoms with van der Waals surface area (Å²) in [6.07, 6.45) is 4.66. The van der Waals surface area contributed by atoms with Gasteiger partial charge < -0.3 is 5.73 Å². The second-order valence-corrected chi connectivity index (χ2v) is 8.28. The third kappa shape index (κ3) is 3.35. The van der Waals surface area contributed by atoms with Gasteiger partial charge in [0.2, 0.25) is 0 Å². The molecule has 5 heteroatoms. The molecule has 0 aromatic heterocycles. The van der Waals surface area contributed by atoms with Crippen molar-refractivity contribution in [2.24, 2.45) is 11.7 Å². The second-order valence-electron chi connectivity index (χ2n) is 5.67. The molecule has 1 aliphatic rings. The van der Waals surface area contributed by atoms with E-state index in [2.05, 4.69) is 6.92 Å². The molecular formula is C15H22ClNO2S. The number of benzene rings is 1. The molecule has 0 aliphatic heterocycles. The molecule has 0 spiro atoms. The summed E-state index contributed by atoms with van der Waals surface area (Å²) >= 11 is 5.91. The molecule has 1 saturated carbocycles. The van der Waals surface area contributed by atoms with Gasteiger partial charge in [-0.3, -0.25) is 0 Å². The molecule has 0 amide bonds. The van der Waals surface area contributed by atoms with Crippen LogP contribution in [0.25, 0.3) is 0 Å². The highest BCUT2D eigenvalue weighted by Gasteiger charge is 2.37. The molecule has 0 heterocycles. The molecule has 0 radical (unpaired) electrons.